The summed E-state index contributed by atoms with van der Waals surface area (Å²) in [5.74, 6) is -0.457. The van der Waals surface area contributed by atoms with Gasteiger partial charge in [0.15, 0.2) is 0 Å². The smallest absolute Gasteiger partial charge is 0.239 e. The van der Waals surface area contributed by atoms with Crippen LogP contribution in [0.25, 0.3) is 0 Å². The van der Waals surface area contributed by atoms with Gasteiger partial charge in [0.25, 0.3) is 0 Å². The molecule has 2 rings (SSSR count). The number of nitrogens with one attached hydrogen (secondary N) is 2. The van der Waals surface area contributed by atoms with Crippen molar-refractivity contribution in [3.05, 3.63) is 34.9 Å². The van der Waals surface area contributed by atoms with Gasteiger partial charge in [-0.05, 0) is 36.5 Å². The Kier molecular flexibility index (Phi) is 7.52. The number of hydrogen-bond acceptors (Lipinski definition) is 3. The van der Waals surface area contributed by atoms with Gasteiger partial charge < -0.3 is 16.4 Å². The molecule has 0 bridgehead atoms. The predicted octanol–water partition coefficient (Wildman–Crippen LogP) is 2.01. The molecule has 24 heavy (non-hydrogen) atoms. The second kappa shape index (κ2) is 8.70. The molecule has 0 aliphatic heterocycles. The summed E-state index contributed by atoms with van der Waals surface area (Å²) in [6.07, 6.45) is 2.08. The SMILES string of the molecule is CC(C)[C@H](N)C(=O)NCC(=O)NCC1(c2ccc(Cl)cc2)CC1.Cl. The molecule has 1 atom stereocenters. The number of benzene rings is 1. The molecule has 1 aromatic rings. The Morgan fingerprint density at radius 1 is 1.21 bits per heavy atom. The van der Waals surface area contributed by atoms with Crippen LogP contribution in [0.5, 0.6) is 0 Å². The largest absolute Gasteiger partial charge is 0.354 e. The molecule has 2 amide bonds. The zero-order valence-corrected chi connectivity index (χ0v) is 15.5. The molecule has 0 saturated heterocycles. The third-order valence-electron chi connectivity index (χ3n) is 4.38. The molecule has 5 nitrogen and oxygen atoms in total. The molecule has 0 unspecified atom stereocenters. The lowest BCUT2D eigenvalue weighted by Crippen LogP contribution is -2.47. The molecule has 0 heterocycles. The number of rotatable bonds is 7. The van der Waals surface area contributed by atoms with Gasteiger partial charge in [0.05, 0.1) is 12.6 Å². The monoisotopic (exact) mass is 373 g/mol. The van der Waals surface area contributed by atoms with Crippen LogP contribution in [0.3, 0.4) is 0 Å². The van der Waals surface area contributed by atoms with Crippen LogP contribution in [0.2, 0.25) is 5.02 Å². The number of amides is 2. The zero-order valence-electron chi connectivity index (χ0n) is 14.0. The highest BCUT2D eigenvalue weighted by atomic mass is 35.5. The Hall–Kier alpha value is -1.30. The van der Waals surface area contributed by atoms with Crippen molar-refractivity contribution in [1.82, 2.24) is 10.6 Å². The van der Waals surface area contributed by atoms with Gasteiger partial charge in [-0.15, -0.1) is 12.4 Å². The van der Waals surface area contributed by atoms with Crippen molar-refractivity contribution in [3.8, 4) is 0 Å². The number of carbonyl (C=O) groups is 2. The Balaban J connectivity index is 0.00000288. The van der Waals surface area contributed by atoms with E-state index in [-0.39, 0.29) is 42.1 Å². The summed E-state index contributed by atoms with van der Waals surface area (Å²) in [5.41, 5.74) is 6.93. The fourth-order valence-corrected chi connectivity index (χ4v) is 2.57. The van der Waals surface area contributed by atoms with E-state index in [0.717, 1.165) is 12.8 Å². The zero-order chi connectivity index (χ0) is 17.0. The van der Waals surface area contributed by atoms with Crippen LogP contribution in [0.4, 0.5) is 0 Å². The molecule has 1 aliphatic carbocycles. The van der Waals surface area contributed by atoms with Crippen molar-refractivity contribution in [2.45, 2.75) is 38.1 Å². The van der Waals surface area contributed by atoms with Crippen molar-refractivity contribution in [2.75, 3.05) is 13.1 Å². The summed E-state index contributed by atoms with van der Waals surface area (Å²) in [6, 6.07) is 7.15. The van der Waals surface area contributed by atoms with Crippen molar-refractivity contribution in [2.24, 2.45) is 11.7 Å². The van der Waals surface area contributed by atoms with Gasteiger partial charge >= 0.3 is 0 Å². The molecule has 0 radical (unpaired) electrons. The Bertz CT molecular complexity index is 572. The van der Waals surface area contributed by atoms with Crippen molar-refractivity contribution in [3.63, 3.8) is 0 Å². The lowest BCUT2D eigenvalue weighted by molar-refractivity contribution is -0.127. The van der Waals surface area contributed by atoms with Crippen molar-refractivity contribution < 1.29 is 9.59 Å². The lowest BCUT2D eigenvalue weighted by atomic mass is 9.96. The van der Waals surface area contributed by atoms with Crippen LogP contribution < -0.4 is 16.4 Å². The van der Waals surface area contributed by atoms with E-state index in [0.29, 0.717) is 11.6 Å². The normalized spacial score (nSPS) is 16.0. The Labute approximate surface area is 154 Å². The van der Waals surface area contributed by atoms with E-state index < -0.39 is 6.04 Å². The minimum absolute atomic E-state index is 0. The predicted molar refractivity (Wildman–Crippen MR) is 98.4 cm³/mol. The van der Waals surface area contributed by atoms with E-state index in [2.05, 4.69) is 10.6 Å². The van der Waals surface area contributed by atoms with E-state index in [1.807, 2.05) is 38.1 Å². The third-order valence-corrected chi connectivity index (χ3v) is 4.63. The molecule has 1 aliphatic rings. The van der Waals surface area contributed by atoms with E-state index in [4.69, 9.17) is 17.3 Å². The van der Waals surface area contributed by atoms with Crippen LogP contribution in [-0.4, -0.2) is 30.9 Å². The van der Waals surface area contributed by atoms with Gasteiger partial charge in [-0.3, -0.25) is 9.59 Å². The lowest BCUT2D eigenvalue weighted by Gasteiger charge is -2.18. The van der Waals surface area contributed by atoms with Crippen LogP contribution in [-0.2, 0) is 15.0 Å². The number of carbonyl (C=O) groups excluding carboxylic acids is 2. The first-order chi connectivity index (χ1) is 10.8. The first-order valence-corrected chi connectivity index (χ1v) is 8.28. The van der Waals surface area contributed by atoms with Gasteiger partial charge in [0.2, 0.25) is 11.8 Å². The summed E-state index contributed by atoms with van der Waals surface area (Å²) in [7, 11) is 0. The fourth-order valence-electron chi connectivity index (χ4n) is 2.44. The van der Waals surface area contributed by atoms with Gasteiger partial charge in [-0.2, -0.15) is 0 Å². The minimum Gasteiger partial charge on any atom is -0.354 e. The average Bonchev–Trinajstić information content (AvgIpc) is 3.31. The van der Waals surface area contributed by atoms with E-state index in [9.17, 15) is 9.59 Å². The van der Waals surface area contributed by atoms with Crippen molar-refractivity contribution in [1.29, 1.82) is 0 Å². The molecule has 7 heteroatoms. The second-order valence-electron chi connectivity index (χ2n) is 6.55. The summed E-state index contributed by atoms with van der Waals surface area (Å²) in [4.78, 5) is 23.6. The van der Waals surface area contributed by atoms with Crippen LogP contribution in [0.15, 0.2) is 24.3 Å². The van der Waals surface area contributed by atoms with Crippen LogP contribution in [0.1, 0.15) is 32.3 Å². The highest BCUT2D eigenvalue weighted by Gasteiger charge is 2.44. The topological polar surface area (TPSA) is 84.2 Å². The molecular formula is C17H25Cl2N3O2. The second-order valence-corrected chi connectivity index (χ2v) is 6.99. The molecule has 4 N–H and O–H groups in total. The summed E-state index contributed by atoms with van der Waals surface area (Å²) in [5, 5.41) is 6.17. The third kappa shape index (κ3) is 5.36. The summed E-state index contributed by atoms with van der Waals surface area (Å²) in [6.45, 7) is 4.26. The molecule has 134 valence electrons. The van der Waals surface area contributed by atoms with Crippen molar-refractivity contribution >= 4 is 35.8 Å². The molecule has 0 aromatic heterocycles. The number of hydrogen-bond donors (Lipinski definition) is 3. The van der Waals surface area contributed by atoms with Gasteiger partial charge in [-0.1, -0.05) is 37.6 Å². The molecular weight excluding hydrogens is 349 g/mol. The van der Waals surface area contributed by atoms with E-state index >= 15 is 0 Å². The van der Waals surface area contributed by atoms with Crippen LogP contribution >= 0.6 is 24.0 Å². The quantitative estimate of drug-likeness (QED) is 0.683. The van der Waals surface area contributed by atoms with E-state index in [1.54, 1.807) is 0 Å². The molecule has 1 saturated carbocycles. The number of nitrogens with two attached hydrogens (primary N) is 1. The maximum atomic E-state index is 11.9. The highest BCUT2D eigenvalue weighted by molar-refractivity contribution is 6.30. The summed E-state index contributed by atoms with van der Waals surface area (Å²) >= 11 is 5.91. The minimum atomic E-state index is -0.591. The highest BCUT2D eigenvalue weighted by Crippen LogP contribution is 2.47. The standard InChI is InChI=1S/C17H24ClN3O2.ClH/c1-11(2)15(19)16(23)20-9-14(22)21-10-17(7-8-17)12-3-5-13(18)6-4-12;/h3-6,11,15H,7-10,19H2,1-2H3,(H,20,23)(H,21,22);1H/t15-;/m0./s1. The maximum Gasteiger partial charge on any atom is 0.239 e. The Morgan fingerprint density at radius 3 is 2.29 bits per heavy atom. The average molecular weight is 374 g/mol. The molecule has 1 aromatic carbocycles. The van der Waals surface area contributed by atoms with Gasteiger partial charge in [-0.25, -0.2) is 0 Å². The first-order valence-electron chi connectivity index (χ1n) is 7.90. The van der Waals surface area contributed by atoms with Gasteiger partial charge in [0, 0.05) is 17.0 Å². The van der Waals surface area contributed by atoms with Gasteiger partial charge in [0.1, 0.15) is 0 Å². The summed E-state index contributed by atoms with van der Waals surface area (Å²) < 4.78 is 0. The van der Waals surface area contributed by atoms with Crippen LogP contribution in [0, 0.1) is 5.92 Å². The maximum absolute atomic E-state index is 11.9. The van der Waals surface area contributed by atoms with E-state index in [1.165, 1.54) is 5.56 Å². The molecule has 1 fully saturated rings. The molecule has 0 spiro atoms. The fraction of sp³-hybridized carbons (Fsp3) is 0.529. The first kappa shape index (κ1) is 20.7. The Morgan fingerprint density at radius 2 is 1.79 bits per heavy atom. The number of halogens is 2.